The number of anilines is 1. The monoisotopic (exact) mass is 223 g/mol. The van der Waals surface area contributed by atoms with E-state index in [1.165, 1.54) is 0 Å². The van der Waals surface area contributed by atoms with Crippen molar-refractivity contribution >= 4 is 11.5 Å². The van der Waals surface area contributed by atoms with Crippen molar-refractivity contribution in [2.24, 2.45) is 0 Å². The van der Waals surface area contributed by atoms with Gasteiger partial charge in [0.25, 0.3) is 0 Å². The number of Topliss-reactive ketones (excluding diaryl/α,β-unsaturated/α-hetero) is 1. The van der Waals surface area contributed by atoms with E-state index in [9.17, 15) is 4.79 Å². The molecule has 0 aliphatic carbocycles. The first kappa shape index (κ1) is 12.4. The van der Waals surface area contributed by atoms with Crippen LogP contribution in [0, 0.1) is 0 Å². The van der Waals surface area contributed by atoms with E-state index in [0.717, 1.165) is 5.69 Å². The maximum Gasteiger partial charge on any atom is 0.162 e. The molecule has 0 aliphatic rings. The largest absolute Gasteiger partial charge is 0.493 e. The smallest absolute Gasteiger partial charge is 0.162 e. The van der Waals surface area contributed by atoms with Crippen LogP contribution < -0.4 is 14.8 Å². The fourth-order valence-electron chi connectivity index (χ4n) is 1.33. The summed E-state index contributed by atoms with van der Waals surface area (Å²) in [6, 6.07) is 5.56. The van der Waals surface area contributed by atoms with Gasteiger partial charge in [-0.3, -0.25) is 4.79 Å². The minimum Gasteiger partial charge on any atom is -0.493 e. The molecule has 0 atom stereocenters. The number of rotatable bonds is 6. The zero-order valence-corrected chi connectivity index (χ0v) is 9.87. The number of methoxy groups -OCH3 is 2. The molecule has 1 aromatic carbocycles. The molecule has 0 amide bonds. The minimum atomic E-state index is 0.174. The first-order valence-corrected chi connectivity index (χ1v) is 5.12. The van der Waals surface area contributed by atoms with Crippen LogP contribution in [0.1, 0.15) is 13.3 Å². The molecule has 1 rings (SSSR count). The van der Waals surface area contributed by atoms with Crippen LogP contribution in [0.3, 0.4) is 0 Å². The van der Waals surface area contributed by atoms with Gasteiger partial charge in [-0.1, -0.05) is 0 Å². The molecule has 16 heavy (non-hydrogen) atoms. The second-order valence-electron chi connectivity index (χ2n) is 3.45. The lowest BCUT2D eigenvalue weighted by Gasteiger charge is -2.10. The molecule has 0 aliphatic heterocycles. The van der Waals surface area contributed by atoms with Gasteiger partial charge in [0.15, 0.2) is 11.5 Å². The van der Waals surface area contributed by atoms with Crippen molar-refractivity contribution in [3.05, 3.63) is 18.2 Å². The first-order valence-electron chi connectivity index (χ1n) is 5.12. The van der Waals surface area contributed by atoms with Crippen LogP contribution in [-0.2, 0) is 4.79 Å². The van der Waals surface area contributed by atoms with Gasteiger partial charge in [0.05, 0.1) is 14.2 Å². The number of carbonyl (C=O) groups excluding carboxylic acids is 1. The summed E-state index contributed by atoms with van der Waals surface area (Å²) in [5, 5.41) is 3.15. The summed E-state index contributed by atoms with van der Waals surface area (Å²) in [6.45, 7) is 2.21. The van der Waals surface area contributed by atoms with Crippen molar-refractivity contribution in [3.8, 4) is 11.5 Å². The maximum atomic E-state index is 10.8. The second kappa shape index (κ2) is 6.00. The molecular weight excluding hydrogens is 206 g/mol. The molecule has 1 aromatic rings. The van der Waals surface area contributed by atoms with Crippen LogP contribution in [0.25, 0.3) is 0 Å². The molecule has 0 unspecified atom stereocenters. The molecular formula is C12H17NO3. The minimum absolute atomic E-state index is 0.174. The van der Waals surface area contributed by atoms with E-state index < -0.39 is 0 Å². The fraction of sp³-hybridized carbons (Fsp3) is 0.417. The summed E-state index contributed by atoms with van der Waals surface area (Å²) in [5.41, 5.74) is 0.916. The van der Waals surface area contributed by atoms with Crippen molar-refractivity contribution in [3.63, 3.8) is 0 Å². The highest BCUT2D eigenvalue weighted by atomic mass is 16.5. The summed E-state index contributed by atoms with van der Waals surface area (Å²) in [6.07, 6.45) is 0.522. The van der Waals surface area contributed by atoms with Crippen LogP contribution in [0.15, 0.2) is 18.2 Å². The molecule has 0 saturated heterocycles. The lowest BCUT2D eigenvalue weighted by Crippen LogP contribution is -2.05. The Bertz CT molecular complexity index is 363. The number of nitrogens with one attached hydrogen (secondary N) is 1. The van der Waals surface area contributed by atoms with E-state index in [4.69, 9.17) is 9.47 Å². The summed E-state index contributed by atoms with van der Waals surface area (Å²) >= 11 is 0. The van der Waals surface area contributed by atoms with Gasteiger partial charge in [-0.2, -0.15) is 0 Å². The van der Waals surface area contributed by atoms with Gasteiger partial charge in [-0.05, 0) is 19.1 Å². The first-order chi connectivity index (χ1) is 7.67. The second-order valence-corrected chi connectivity index (χ2v) is 3.45. The van der Waals surface area contributed by atoms with Crippen LogP contribution in [0.4, 0.5) is 5.69 Å². The van der Waals surface area contributed by atoms with Crippen LogP contribution in [-0.4, -0.2) is 26.5 Å². The average molecular weight is 223 g/mol. The maximum absolute atomic E-state index is 10.8. The molecule has 0 heterocycles. The predicted octanol–water partition coefficient (Wildman–Crippen LogP) is 2.09. The Balaban J connectivity index is 2.64. The fourth-order valence-corrected chi connectivity index (χ4v) is 1.33. The summed E-state index contributed by atoms with van der Waals surface area (Å²) < 4.78 is 10.3. The topological polar surface area (TPSA) is 47.6 Å². The Morgan fingerprint density at radius 2 is 1.94 bits per heavy atom. The predicted molar refractivity (Wildman–Crippen MR) is 63.3 cm³/mol. The zero-order valence-electron chi connectivity index (χ0n) is 9.87. The van der Waals surface area contributed by atoms with Gasteiger partial charge >= 0.3 is 0 Å². The molecule has 0 bridgehead atoms. The van der Waals surface area contributed by atoms with Gasteiger partial charge in [0.2, 0.25) is 0 Å². The highest BCUT2D eigenvalue weighted by molar-refractivity contribution is 5.76. The van der Waals surface area contributed by atoms with Gasteiger partial charge in [0, 0.05) is 24.7 Å². The Morgan fingerprint density at radius 3 is 2.50 bits per heavy atom. The molecule has 88 valence electrons. The number of hydrogen-bond donors (Lipinski definition) is 1. The highest BCUT2D eigenvalue weighted by Gasteiger charge is 2.04. The highest BCUT2D eigenvalue weighted by Crippen LogP contribution is 2.29. The molecule has 0 aromatic heterocycles. The van der Waals surface area contributed by atoms with E-state index in [0.29, 0.717) is 24.5 Å². The van der Waals surface area contributed by atoms with Crippen LogP contribution in [0.5, 0.6) is 11.5 Å². The Hall–Kier alpha value is -1.71. The van der Waals surface area contributed by atoms with E-state index in [-0.39, 0.29) is 5.78 Å². The van der Waals surface area contributed by atoms with E-state index >= 15 is 0 Å². The quantitative estimate of drug-likeness (QED) is 0.802. The molecule has 0 spiro atoms. The van der Waals surface area contributed by atoms with Crippen molar-refractivity contribution in [2.45, 2.75) is 13.3 Å². The third-order valence-electron chi connectivity index (χ3n) is 2.19. The number of ether oxygens (including phenoxy) is 2. The number of benzene rings is 1. The van der Waals surface area contributed by atoms with Gasteiger partial charge < -0.3 is 14.8 Å². The summed E-state index contributed by atoms with van der Waals surface area (Å²) in [5.74, 6) is 1.54. The van der Waals surface area contributed by atoms with Gasteiger partial charge in [-0.15, -0.1) is 0 Å². The number of ketones is 1. The van der Waals surface area contributed by atoms with Crippen molar-refractivity contribution in [2.75, 3.05) is 26.1 Å². The van der Waals surface area contributed by atoms with Crippen LogP contribution in [0.2, 0.25) is 0 Å². The Labute approximate surface area is 95.6 Å². The molecule has 0 radical (unpaired) electrons. The normalized spacial score (nSPS) is 9.69. The van der Waals surface area contributed by atoms with Crippen LogP contribution >= 0.6 is 0 Å². The van der Waals surface area contributed by atoms with Crippen molar-refractivity contribution < 1.29 is 14.3 Å². The molecule has 4 nitrogen and oxygen atoms in total. The van der Waals surface area contributed by atoms with E-state index in [2.05, 4.69) is 5.32 Å². The lowest BCUT2D eigenvalue weighted by molar-refractivity contribution is -0.116. The van der Waals surface area contributed by atoms with Crippen molar-refractivity contribution in [1.29, 1.82) is 0 Å². The standard InChI is InChI=1S/C12H17NO3/c1-9(14)6-7-13-10-4-5-11(15-2)12(8-10)16-3/h4-5,8,13H,6-7H2,1-3H3. The van der Waals surface area contributed by atoms with E-state index in [1.54, 1.807) is 21.1 Å². The number of hydrogen-bond acceptors (Lipinski definition) is 4. The SMILES string of the molecule is COc1ccc(NCCC(C)=O)cc1OC. The molecule has 1 N–H and O–H groups in total. The summed E-state index contributed by atoms with van der Waals surface area (Å²) in [7, 11) is 3.19. The molecule has 0 fully saturated rings. The number of carbonyl (C=O) groups is 1. The van der Waals surface area contributed by atoms with Crippen molar-refractivity contribution in [1.82, 2.24) is 0 Å². The third-order valence-corrected chi connectivity index (χ3v) is 2.19. The summed E-state index contributed by atoms with van der Waals surface area (Å²) in [4.78, 5) is 10.8. The Kier molecular flexibility index (Phi) is 4.64. The average Bonchev–Trinajstić information content (AvgIpc) is 2.28. The third kappa shape index (κ3) is 3.46. The molecule has 0 saturated carbocycles. The molecule has 4 heteroatoms. The van der Waals surface area contributed by atoms with Gasteiger partial charge in [0.1, 0.15) is 5.78 Å². The van der Waals surface area contributed by atoms with Gasteiger partial charge in [-0.25, -0.2) is 0 Å². The lowest BCUT2D eigenvalue weighted by atomic mass is 10.2. The Morgan fingerprint density at radius 1 is 1.25 bits per heavy atom. The van der Waals surface area contributed by atoms with E-state index in [1.807, 2.05) is 18.2 Å². The zero-order chi connectivity index (χ0) is 12.0.